The fourth-order valence-electron chi connectivity index (χ4n) is 5.59. The lowest BCUT2D eigenvalue weighted by molar-refractivity contribution is -0.173. The Labute approximate surface area is 221 Å². The van der Waals surface area contributed by atoms with Crippen LogP contribution < -0.4 is 0 Å². The number of carbonyl (C=O) groups is 3. The van der Waals surface area contributed by atoms with Crippen molar-refractivity contribution < 1.29 is 37.4 Å². The molecule has 198 valence electrons. The number of esters is 2. The molecule has 0 bridgehead atoms. The minimum atomic E-state index is -3.62. The van der Waals surface area contributed by atoms with Crippen molar-refractivity contribution in [3.05, 3.63) is 58.0 Å². The van der Waals surface area contributed by atoms with Gasteiger partial charge in [0, 0.05) is 29.5 Å². The second-order valence-corrected chi connectivity index (χ2v) is 12.7. The van der Waals surface area contributed by atoms with Crippen LogP contribution in [0.4, 0.5) is 0 Å². The predicted octanol–water partition coefficient (Wildman–Crippen LogP) is 2.09. The van der Waals surface area contributed by atoms with Gasteiger partial charge < -0.3 is 19.5 Å². The molecule has 11 nitrogen and oxygen atoms in total. The number of amides is 1. The van der Waals surface area contributed by atoms with Crippen molar-refractivity contribution in [2.45, 2.75) is 44.2 Å². The number of aliphatic hydroxyl groups excluding tert-OH is 1. The molecule has 38 heavy (non-hydrogen) atoms. The molecular formula is C25H23N3O8S2. The van der Waals surface area contributed by atoms with E-state index in [1.165, 1.54) is 11.8 Å². The minimum absolute atomic E-state index is 0.0131. The number of carbonyl (C=O) groups excluding carboxylic acids is 3. The Morgan fingerprint density at radius 3 is 2.66 bits per heavy atom. The van der Waals surface area contributed by atoms with Crippen LogP contribution in [0.15, 0.2) is 41.2 Å². The zero-order valence-corrected chi connectivity index (χ0v) is 22.4. The number of hydrogen-bond donors (Lipinski definition) is 1. The van der Waals surface area contributed by atoms with Gasteiger partial charge in [-0.25, -0.2) is 23.0 Å². The van der Waals surface area contributed by atoms with E-state index >= 15 is 0 Å². The molecule has 1 amide bonds. The largest absolute Gasteiger partial charge is 0.417 e. The summed E-state index contributed by atoms with van der Waals surface area (Å²) in [6, 6.07) is 6.06. The van der Waals surface area contributed by atoms with Crippen molar-refractivity contribution in [2.24, 2.45) is 11.8 Å². The van der Waals surface area contributed by atoms with Crippen LogP contribution in [0.3, 0.4) is 0 Å². The first-order chi connectivity index (χ1) is 17.9. The number of aryl methyl sites for hydroxylation is 1. The van der Waals surface area contributed by atoms with E-state index < -0.39 is 52.0 Å². The van der Waals surface area contributed by atoms with E-state index in [1.54, 1.807) is 41.8 Å². The monoisotopic (exact) mass is 557 g/mol. The normalized spacial score (nSPS) is 25.3. The van der Waals surface area contributed by atoms with Crippen molar-refractivity contribution in [1.82, 2.24) is 14.3 Å². The summed E-state index contributed by atoms with van der Waals surface area (Å²) in [6.45, 7) is 5.05. The van der Waals surface area contributed by atoms with Gasteiger partial charge >= 0.3 is 11.9 Å². The maximum atomic E-state index is 13.7. The smallest absolute Gasteiger partial charge is 0.358 e. The summed E-state index contributed by atoms with van der Waals surface area (Å²) < 4.78 is 37.2. The van der Waals surface area contributed by atoms with Crippen molar-refractivity contribution in [3.8, 4) is 0 Å². The molecule has 13 heteroatoms. The van der Waals surface area contributed by atoms with Gasteiger partial charge in [-0.1, -0.05) is 25.1 Å². The average molecular weight is 558 g/mol. The predicted molar refractivity (Wildman–Crippen MR) is 133 cm³/mol. The van der Waals surface area contributed by atoms with Gasteiger partial charge in [-0.2, -0.15) is 0 Å². The number of β-lactam (4-membered cyclic amide) rings is 1. The molecule has 1 aromatic carbocycles. The third-order valence-corrected chi connectivity index (χ3v) is 9.56. The van der Waals surface area contributed by atoms with E-state index in [9.17, 15) is 27.9 Å². The quantitative estimate of drug-likeness (QED) is 0.368. The summed E-state index contributed by atoms with van der Waals surface area (Å²) in [4.78, 5) is 45.5. The number of imidazole rings is 1. The van der Waals surface area contributed by atoms with Crippen LogP contribution in [0, 0.1) is 18.8 Å². The Hall–Kier alpha value is -3.55. The highest BCUT2D eigenvalue weighted by Crippen LogP contribution is 2.52. The Morgan fingerprint density at radius 1 is 1.26 bits per heavy atom. The molecule has 1 unspecified atom stereocenters. The first-order valence-electron chi connectivity index (χ1n) is 11.8. The Bertz CT molecular complexity index is 1700. The first kappa shape index (κ1) is 24.8. The lowest BCUT2D eigenvalue weighted by Gasteiger charge is -2.46. The number of aliphatic hydroxyl groups is 1. The highest BCUT2D eigenvalue weighted by atomic mass is 32.2. The van der Waals surface area contributed by atoms with E-state index in [0.717, 1.165) is 17.6 Å². The minimum Gasteiger partial charge on any atom is -0.417 e. The van der Waals surface area contributed by atoms with Gasteiger partial charge in [0.2, 0.25) is 5.91 Å². The van der Waals surface area contributed by atoms with Crippen molar-refractivity contribution >= 4 is 49.4 Å². The van der Waals surface area contributed by atoms with E-state index in [-0.39, 0.29) is 22.2 Å². The zero-order valence-electron chi connectivity index (χ0n) is 20.7. The highest BCUT2D eigenvalue weighted by Gasteiger charge is 2.60. The number of cyclic esters (lactones) is 1. The highest BCUT2D eigenvalue weighted by molar-refractivity contribution is 7.91. The summed E-state index contributed by atoms with van der Waals surface area (Å²) in [5.74, 6) is -2.54. The second-order valence-electron chi connectivity index (χ2n) is 9.75. The summed E-state index contributed by atoms with van der Waals surface area (Å²) >= 11 is 1.14. The molecule has 0 saturated carbocycles. The lowest BCUT2D eigenvalue weighted by Crippen LogP contribution is -2.63. The van der Waals surface area contributed by atoms with Gasteiger partial charge in [-0.05, 0) is 19.9 Å². The molecule has 3 aliphatic heterocycles. The summed E-state index contributed by atoms with van der Waals surface area (Å²) in [5.41, 5.74) is 1.16. The molecular weight excluding hydrogens is 534 g/mol. The average Bonchev–Trinajstić information content (AvgIpc) is 3.54. The van der Waals surface area contributed by atoms with Gasteiger partial charge in [-0.15, -0.1) is 11.3 Å². The maximum Gasteiger partial charge on any atom is 0.358 e. The van der Waals surface area contributed by atoms with Gasteiger partial charge in [-0.3, -0.25) is 9.20 Å². The van der Waals surface area contributed by atoms with Gasteiger partial charge in [0.15, 0.2) is 14.9 Å². The van der Waals surface area contributed by atoms with Crippen LogP contribution in [0.5, 0.6) is 0 Å². The number of thiazole rings is 1. The first-order valence-corrected chi connectivity index (χ1v) is 14.6. The molecule has 2 aromatic heterocycles. The number of nitrogens with zero attached hydrogens (tertiary/aromatic N) is 3. The Balaban J connectivity index is 1.47. The number of hydrogen-bond acceptors (Lipinski definition) is 10. The van der Waals surface area contributed by atoms with Crippen LogP contribution in [0.1, 0.15) is 46.8 Å². The number of fused-ring (bicyclic) bond motifs is 3. The molecule has 1 fully saturated rings. The number of rotatable bonds is 5. The fourth-order valence-corrected chi connectivity index (χ4v) is 8.06. The number of sulfone groups is 1. The Morgan fingerprint density at radius 2 is 1.97 bits per heavy atom. The topological polar surface area (TPSA) is 145 Å². The molecule has 0 aliphatic carbocycles. The van der Waals surface area contributed by atoms with E-state index in [4.69, 9.17) is 9.47 Å². The van der Waals surface area contributed by atoms with Crippen molar-refractivity contribution in [2.75, 3.05) is 6.26 Å². The van der Waals surface area contributed by atoms with Gasteiger partial charge in [0.05, 0.1) is 28.5 Å². The van der Waals surface area contributed by atoms with Crippen LogP contribution >= 0.6 is 11.3 Å². The van der Waals surface area contributed by atoms with Crippen molar-refractivity contribution in [3.63, 3.8) is 0 Å². The summed E-state index contributed by atoms with van der Waals surface area (Å²) in [7, 11) is -3.62. The molecule has 5 heterocycles. The van der Waals surface area contributed by atoms with Crippen LogP contribution in [0.2, 0.25) is 0 Å². The van der Waals surface area contributed by atoms with Crippen LogP contribution in [-0.4, -0.2) is 64.1 Å². The molecule has 1 N–H and O–H groups in total. The third-order valence-electron chi connectivity index (χ3n) is 7.31. The molecule has 0 spiro atoms. The standard InChI is InChI=1S/C25H23N3O8S2/c1-10-16(15-9-27-12(3)26-20(22(27)37-15)38(4,33)34)19(28-18(10)17(11(2)29)21(28)30)24(32)36-25-14-8-6-5-7-13(14)23(31)35-25/h5-11,17-18,25,29H,1-4H3/t10-,11+,17+,18+,25?/m0/s1. The fraction of sp³-hybridized carbons (Fsp3) is 0.360. The third kappa shape index (κ3) is 3.38. The van der Waals surface area contributed by atoms with Gasteiger partial charge in [0.25, 0.3) is 6.29 Å². The van der Waals surface area contributed by atoms with E-state index in [0.29, 0.717) is 26.7 Å². The van der Waals surface area contributed by atoms with E-state index in [2.05, 4.69) is 4.98 Å². The maximum absolute atomic E-state index is 13.7. The number of ether oxygens (including phenoxy) is 2. The van der Waals surface area contributed by atoms with Crippen molar-refractivity contribution in [1.29, 1.82) is 0 Å². The molecule has 1 saturated heterocycles. The van der Waals surface area contributed by atoms with E-state index in [1.807, 2.05) is 6.92 Å². The molecule has 3 aromatic rings. The van der Waals surface area contributed by atoms with Gasteiger partial charge in [0.1, 0.15) is 16.4 Å². The second kappa shape index (κ2) is 8.22. The molecule has 6 rings (SSSR count). The molecule has 5 atom stereocenters. The lowest BCUT2D eigenvalue weighted by atomic mass is 9.77. The van der Waals surface area contributed by atoms with Crippen LogP contribution in [0.25, 0.3) is 10.4 Å². The summed E-state index contributed by atoms with van der Waals surface area (Å²) in [6.07, 6.45) is 0.551. The molecule has 3 aliphatic rings. The number of benzene rings is 1. The number of aromatic nitrogens is 2. The Kier molecular flexibility index (Phi) is 5.36. The zero-order chi connectivity index (χ0) is 27.3. The van der Waals surface area contributed by atoms with Crippen LogP contribution in [-0.2, 0) is 28.9 Å². The summed E-state index contributed by atoms with van der Waals surface area (Å²) in [5, 5.41) is 10.2. The molecule has 0 radical (unpaired) electrons. The SMILES string of the molecule is Cc1nc(S(C)(=O)=O)c2sc(C3=C(C(=O)OC4OC(=O)c5ccccc54)N4C(=O)[C@H]([C@@H](C)O)[C@H]4[C@H]3C)cn12.